The van der Waals surface area contributed by atoms with Crippen LogP contribution < -0.4 is 5.73 Å². The summed E-state index contributed by atoms with van der Waals surface area (Å²) in [6.07, 6.45) is -2.43. The van der Waals surface area contributed by atoms with Gasteiger partial charge in [-0.25, -0.2) is 18.4 Å². The third-order valence-electron chi connectivity index (χ3n) is 2.55. The van der Waals surface area contributed by atoms with Gasteiger partial charge in [0.2, 0.25) is 6.17 Å². The highest BCUT2D eigenvalue weighted by atomic mass is 35.5. The Kier molecular flexibility index (Phi) is 7.04. The van der Waals surface area contributed by atoms with Crippen molar-refractivity contribution >= 4 is 24.3 Å². The van der Waals surface area contributed by atoms with Gasteiger partial charge in [0.25, 0.3) is 0 Å². The van der Waals surface area contributed by atoms with Crippen LogP contribution in [0.5, 0.6) is 5.75 Å². The molecule has 0 spiro atoms. The largest absolute Gasteiger partial charge is 0.507 e. The summed E-state index contributed by atoms with van der Waals surface area (Å²) in [5, 5.41) is 18.4. The molecule has 0 amide bonds. The summed E-state index contributed by atoms with van der Waals surface area (Å²) in [4.78, 5) is 22.0. The molecule has 9 heteroatoms. The predicted octanol–water partition coefficient (Wildman–Crippen LogP) is 1.55. The fourth-order valence-electron chi connectivity index (χ4n) is 1.59. The van der Waals surface area contributed by atoms with Crippen molar-refractivity contribution in [3.05, 3.63) is 29.1 Å². The van der Waals surface area contributed by atoms with Gasteiger partial charge in [-0.2, -0.15) is 0 Å². The molecule has 0 fully saturated rings. The Balaban J connectivity index is 0.00000400. The molecule has 0 aliphatic heterocycles. The molecule has 6 nitrogen and oxygen atoms in total. The monoisotopic (exact) mass is 325 g/mol. The molecule has 1 rings (SSSR count). The van der Waals surface area contributed by atoms with Crippen molar-refractivity contribution in [3.8, 4) is 5.75 Å². The van der Waals surface area contributed by atoms with Crippen molar-refractivity contribution in [1.29, 1.82) is 0 Å². The summed E-state index contributed by atoms with van der Waals surface area (Å²) in [6.45, 7) is 1.34. The van der Waals surface area contributed by atoms with Gasteiger partial charge in [-0.1, -0.05) is 0 Å². The third-order valence-corrected chi connectivity index (χ3v) is 2.55. The van der Waals surface area contributed by atoms with E-state index in [9.17, 15) is 23.5 Å². The quantitative estimate of drug-likeness (QED) is 0.709. The zero-order valence-electron chi connectivity index (χ0n) is 10.9. The predicted molar refractivity (Wildman–Crippen MR) is 70.7 cm³/mol. The number of alkyl halides is 1. The van der Waals surface area contributed by atoms with Gasteiger partial charge in [-0.3, -0.25) is 0 Å². The summed E-state index contributed by atoms with van der Waals surface area (Å²) in [5.41, 5.74) is 3.94. The lowest BCUT2D eigenvalue weighted by Gasteiger charge is -2.18. The topological polar surface area (TPSA) is 110 Å². The van der Waals surface area contributed by atoms with E-state index in [0.717, 1.165) is 12.1 Å². The lowest BCUT2D eigenvalue weighted by Crippen LogP contribution is -2.32. The summed E-state index contributed by atoms with van der Waals surface area (Å²) in [5.74, 6) is -4.99. The molecular formula is C12H14ClF2NO5. The van der Waals surface area contributed by atoms with Crippen LogP contribution in [0, 0.1) is 5.82 Å². The minimum absolute atomic E-state index is 0. The molecule has 1 aromatic rings. The van der Waals surface area contributed by atoms with E-state index in [1.165, 1.54) is 6.92 Å². The lowest BCUT2D eigenvalue weighted by molar-refractivity contribution is -0.150. The maximum atomic E-state index is 13.7. The molecule has 21 heavy (non-hydrogen) atoms. The number of esters is 1. The molecule has 4 N–H and O–H groups in total. The number of rotatable bonds is 5. The third kappa shape index (κ3) is 4.02. The number of aromatic carboxylic acids is 1. The molecule has 118 valence electrons. The minimum atomic E-state index is -2.43. The van der Waals surface area contributed by atoms with Crippen LogP contribution in [0.3, 0.4) is 0 Å². The van der Waals surface area contributed by atoms with Crippen LogP contribution in [0.4, 0.5) is 8.78 Å². The molecule has 0 saturated heterocycles. The minimum Gasteiger partial charge on any atom is -0.507 e. The summed E-state index contributed by atoms with van der Waals surface area (Å²) in [7, 11) is 0. The summed E-state index contributed by atoms with van der Waals surface area (Å²) < 4.78 is 31.7. The van der Waals surface area contributed by atoms with Crippen LogP contribution in [0.15, 0.2) is 12.1 Å². The number of carboxylic acid groups (broad SMARTS) is 1. The maximum Gasteiger partial charge on any atom is 0.342 e. The van der Waals surface area contributed by atoms with E-state index in [1.807, 2.05) is 0 Å². The van der Waals surface area contributed by atoms with Gasteiger partial charge in [0.05, 0.1) is 18.2 Å². The number of nitrogens with two attached hydrogens (primary N) is 1. The van der Waals surface area contributed by atoms with Crippen molar-refractivity contribution in [3.63, 3.8) is 0 Å². The molecule has 1 aromatic carbocycles. The second-order valence-electron chi connectivity index (χ2n) is 3.84. The maximum absolute atomic E-state index is 13.7. The number of hydrogen-bond acceptors (Lipinski definition) is 5. The molecule has 0 radical (unpaired) electrons. The van der Waals surface area contributed by atoms with E-state index in [2.05, 4.69) is 4.74 Å². The molecule has 0 aliphatic rings. The zero-order valence-corrected chi connectivity index (χ0v) is 11.7. The highest BCUT2D eigenvalue weighted by molar-refractivity contribution is 5.91. The Morgan fingerprint density at radius 1 is 1.43 bits per heavy atom. The highest BCUT2D eigenvalue weighted by Gasteiger charge is 2.33. The van der Waals surface area contributed by atoms with E-state index in [0.29, 0.717) is 0 Å². The van der Waals surface area contributed by atoms with Gasteiger partial charge in [0.1, 0.15) is 17.1 Å². The molecule has 2 atom stereocenters. The number of benzene rings is 1. The Morgan fingerprint density at radius 3 is 2.48 bits per heavy atom. The number of aromatic hydroxyl groups is 1. The molecule has 0 aromatic heterocycles. The van der Waals surface area contributed by atoms with Gasteiger partial charge < -0.3 is 20.7 Å². The Hall–Kier alpha value is -1.93. The summed E-state index contributed by atoms with van der Waals surface area (Å²) >= 11 is 0. The number of hydrogen-bond donors (Lipinski definition) is 3. The number of carbonyl (C=O) groups is 2. The average Bonchev–Trinajstić information content (AvgIpc) is 2.37. The highest BCUT2D eigenvalue weighted by Crippen LogP contribution is 2.32. The first-order chi connectivity index (χ1) is 9.31. The lowest BCUT2D eigenvalue weighted by atomic mass is 9.98. The molecule has 0 heterocycles. The van der Waals surface area contributed by atoms with E-state index < -0.39 is 46.8 Å². The SMILES string of the molecule is CCOC(=O)C(F)[C@@H](N)c1c(F)ccc(C(=O)O)c1O.Cl. The first-order valence-corrected chi connectivity index (χ1v) is 5.62. The number of phenols is 1. The van der Waals surface area contributed by atoms with Crippen molar-refractivity contribution in [2.45, 2.75) is 19.1 Å². The van der Waals surface area contributed by atoms with E-state index >= 15 is 0 Å². The van der Waals surface area contributed by atoms with Crippen molar-refractivity contribution in [1.82, 2.24) is 0 Å². The van der Waals surface area contributed by atoms with E-state index in [-0.39, 0.29) is 19.0 Å². The summed E-state index contributed by atoms with van der Waals surface area (Å²) in [6, 6.07) is -0.356. The second-order valence-corrected chi connectivity index (χ2v) is 3.84. The van der Waals surface area contributed by atoms with Gasteiger partial charge in [-0.15, -0.1) is 12.4 Å². The first-order valence-electron chi connectivity index (χ1n) is 5.62. The Morgan fingerprint density at radius 2 is 2.00 bits per heavy atom. The van der Waals surface area contributed by atoms with Crippen LogP contribution in [-0.4, -0.2) is 34.9 Å². The smallest absolute Gasteiger partial charge is 0.342 e. The fraction of sp³-hybridized carbons (Fsp3) is 0.333. The van der Waals surface area contributed by atoms with Crippen LogP contribution in [0.2, 0.25) is 0 Å². The van der Waals surface area contributed by atoms with Crippen molar-refractivity contribution in [2.75, 3.05) is 6.61 Å². The van der Waals surface area contributed by atoms with Gasteiger partial charge in [-0.05, 0) is 19.1 Å². The van der Waals surface area contributed by atoms with Gasteiger partial charge in [0, 0.05) is 0 Å². The molecular weight excluding hydrogens is 312 g/mol. The van der Waals surface area contributed by atoms with Crippen LogP contribution in [0.1, 0.15) is 28.9 Å². The molecule has 0 bridgehead atoms. The number of carbonyl (C=O) groups excluding carboxylic acids is 1. The number of carboxylic acids is 1. The van der Waals surface area contributed by atoms with E-state index in [4.69, 9.17) is 10.8 Å². The Bertz CT molecular complexity index is 541. The van der Waals surface area contributed by atoms with Gasteiger partial charge >= 0.3 is 11.9 Å². The number of halogens is 3. The fourth-order valence-corrected chi connectivity index (χ4v) is 1.59. The normalized spacial score (nSPS) is 13.0. The Labute approximate surface area is 124 Å². The van der Waals surface area contributed by atoms with Crippen molar-refractivity contribution < 1.29 is 33.3 Å². The van der Waals surface area contributed by atoms with Crippen LogP contribution >= 0.6 is 12.4 Å². The second kappa shape index (κ2) is 7.75. The van der Waals surface area contributed by atoms with Gasteiger partial charge in [0.15, 0.2) is 0 Å². The first kappa shape index (κ1) is 19.1. The number of ether oxygens (including phenoxy) is 1. The average molecular weight is 326 g/mol. The van der Waals surface area contributed by atoms with Crippen LogP contribution in [-0.2, 0) is 9.53 Å². The molecule has 0 aliphatic carbocycles. The molecule has 1 unspecified atom stereocenters. The van der Waals surface area contributed by atoms with Crippen molar-refractivity contribution in [2.24, 2.45) is 5.73 Å². The van der Waals surface area contributed by atoms with E-state index in [1.54, 1.807) is 0 Å². The standard InChI is InChI=1S/C12H13F2NO5.ClH/c1-2-20-12(19)8(14)9(15)7-6(13)4-3-5(10(7)16)11(17)18;/h3-4,8-9,16H,2,15H2,1H3,(H,17,18);1H/t8?,9-;/m0./s1. The molecule has 0 saturated carbocycles. The zero-order chi connectivity index (χ0) is 15.4. The van der Waals surface area contributed by atoms with Crippen LogP contribution in [0.25, 0.3) is 0 Å².